The van der Waals surface area contributed by atoms with Crippen LogP contribution in [-0.2, 0) is 16.0 Å². The Kier molecular flexibility index (Phi) is 6.75. The van der Waals surface area contributed by atoms with Gasteiger partial charge in [0.25, 0.3) is 0 Å². The van der Waals surface area contributed by atoms with Gasteiger partial charge in [0.15, 0.2) is 0 Å². The molecule has 154 valence electrons. The van der Waals surface area contributed by atoms with Crippen molar-refractivity contribution in [2.45, 2.75) is 32.2 Å². The summed E-state index contributed by atoms with van der Waals surface area (Å²) in [7, 11) is 3.13. The molecule has 2 aromatic carbocycles. The molecular weight excluding hydrogens is 368 g/mol. The van der Waals surface area contributed by atoms with Gasteiger partial charge in [-0.05, 0) is 37.5 Å². The highest BCUT2D eigenvalue weighted by Crippen LogP contribution is 2.35. The lowest BCUT2D eigenvalue weighted by Crippen LogP contribution is -2.38. The fourth-order valence-electron chi connectivity index (χ4n) is 3.58. The van der Waals surface area contributed by atoms with Crippen molar-refractivity contribution in [3.8, 4) is 11.5 Å². The van der Waals surface area contributed by atoms with Gasteiger partial charge in [-0.15, -0.1) is 0 Å². The molecule has 1 aliphatic rings. The van der Waals surface area contributed by atoms with Crippen molar-refractivity contribution >= 4 is 17.5 Å². The van der Waals surface area contributed by atoms with E-state index in [4.69, 9.17) is 9.47 Å². The van der Waals surface area contributed by atoms with E-state index in [9.17, 15) is 9.59 Å². The first-order valence-corrected chi connectivity index (χ1v) is 9.88. The van der Waals surface area contributed by atoms with Crippen molar-refractivity contribution in [3.63, 3.8) is 0 Å². The topological polar surface area (TPSA) is 67.9 Å². The molecule has 0 unspecified atom stereocenters. The number of aryl methyl sites for hydroxylation is 1. The first-order valence-electron chi connectivity index (χ1n) is 9.88. The van der Waals surface area contributed by atoms with E-state index in [0.29, 0.717) is 23.7 Å². The molecule has 29 heavy (non-hydrogen) atoms. The van der Waals surface area contributed by atoms with Crippen molar-refractivity contribution in [1.29, 1.82) is 0 Å². The average molecular weight is 396 g/mol. The largest absolute Gasteiger partial charge is 0.497 e. The summed E-state index contributed by atoms with van der Waals surface area (Å²) in [6.07, 6.45) is 1.96. The first-order chi connectivity index (χ1) is 14.0. The third-order valence-corrected chi connectivity index (χ3v) is 5.27. The van der Waals surface area contributed by atoms with Crippen LogP contribution in [0.3, 0.4) is 0 Å². The Bertz CT molecular complexity index is 853. The lowest BCUT2D eigenvalue weighted by atomic mass is 10.0. The molecule has 0 bridgehead atoms. The summed E-state index contributed by atoms with van der Waals surface area (Å²) in [6.45, 7) is 2.35. The van der Waals surface area contributed by atoms with E-state index in [2.05, 4.69) is 17.4 Å². The third-order valence-electron chi connectivity index (χ3n) is 5.27. The molecule has 0 saturated carbocycles. The van der Waals surface area contributed by atoms with Crippen LogP contribution in [0.4, 0.5) is 5.69 Å². The number of carbonyl (C=O) groups is 2. The molecule has 0 radical (unpaired) electrons. The van der Waals surface area contributed by atoms with E-state index in [1.54, 1.807) is 37.3 Å². The first kappa shape index (κ1) is 20.7. The second-order valence-corrected chi connectivity index (χ2v) is 7.38. The highest BCUT2D eigenvalue weighted by Gasteiger charge is 2.36. The minimum Gasteiger partial charge on any atom is -0.497 e. The van der Waals surface area contributed by atoms with Crippen molar-refractivity contribution in [3.05, 3.63) is 54.1 Å². The SMILES string of the molecule is COc1ccc(N2C[C@@H](C(=O)N[C@H](C)CCc3ccccc3)CC2=O)c(OC)c1. The molecule has 1 N–H and O–H groups in total. The van der Waals surface area contributed by atoms with Crippen LogP contribution in [0.25, 0.3) is 0 Å². The molecule has 1 heterocycles. The number of carbonyl (C=O) groups excluding carboxylic acids is 2. The molecule has 6 nitrogen and oxygen atoms in total. The predicted molar refractivity (Wildman–Crippen MR) is 112 cm³/mol. The third kappa shape index (κ3) is 5.08. The van der Waals surface area contributed by atoms with Crippen molar-refractivity contribution < 1.29 is 19.1 Å². The Morgan fingerprint density at radius 2 is 1.93 bits per heavy atom. The molecule has 1 saturated heterocycles. The summed E-state index contributed by atoms with van der Waals surface area (Å²) in [5, 5.41) is 3.06. The summed E-state index contributed by atoms with van der Waals surface area (Å²) in [5.74, 6) is 0.682. The summed E-state index contributed by atoms with van der Waals surface area (Å²) in [5.41, 5.74) is 1.91. The molecule has 2 amide bonds. The number of nitrogens with one attached hydrogen (secondary N) is 1. The molecule has 0 aromatic heterocycles. The number of anilines is 1. The monoisotopic (exact) mass is 396 g/mol. The Hall–Kier alpha value is -3.02. The Balaban J connectivity index is 1.58. The molecule has 0 aliphatic carbocycles. The van der Waals surface area contributed by atoms with Crippen LogP contribution in [0.1, 0.15) is 25.3 Å². The summed E-state index contributed by atoms with van der Waals surface area (Å²) < 4.78 is 10.6. The zero-order valence-corrected chi connectivity index (χ0v) is 17.2. The summed E-state index contributed by atoms with van der Waals surface area (Å²) in [6, 6.07) is 15.6. The minimum absolute atomic E-state index is 0.0439. The number of nitrogens with zero attached hydrogens (tertiary/aromatic N) is 1. The van der Waals surface area contributed by atoms with Crippen LogP contribution in [-0.4, -0.2) is 38.6 Å². The maximum Gasteiger partial charge on any atom is 0.227 e. The Morgan fingerprint density at radius 3 is 2.62 bits per heavy atom. The van der Waals surface area contributed by atoms with Crippen LogP contribution in [0.2, 0.25) is 0 Å². The van der Waals surface area contributed by atoms with E-state index < -0.39 is 0 Å². The van der Waals surface area contributed by atoms with Crippen LogP contribution in [0, 0.1) is 5.92 Å². The summed E-state index contributed by atoms with van der Waals surface area (Å²) in [4.78, 5) is 26.9. The molecule has 2 aromatic rings. The van der Waals surface area contributed by atoms with E-state index in [0.717, 1.165) is 12.8 Å². The van der Waals surface area contributed by atoms with E-state index in [1.807, 2.05) is 25.1 Å². The normalized spacial score (nSPS) is 17.1. The number of ether oxygens (including phenoxy) is 2. The van der Waals surface area contributed by atoms with Gasteiger partial charge in [0.05, 0.1) is 25.8 Å². The molecule has 1 fully saturated rings. The molecule has 6 heteroatoms. The quantitative estimate of drug-likeness (QED) is 0.744. The molecular formula is C23H28N2O4. The van der Waals surface area contributed by atoms with Gasteiger partial charge in [0, 0.05) is 25.1 Å². The highest BCUT2D eigenvalue weighted by atomic mass is 16.5. The van der Waals surface area contributed by atoms with Gasteiger partial charge in [-0.1, -0.05) is 30.3 Å². The smallest absolute Gasteiger partial charge is 0.227 e. The number of rotatable bonds is 8. The van der Waals surface area contributed by atoms with Gasteiger partial charge in [0.1, 0.15) is 11.5 Å². The van der Waals surface area contributed by atoms with Crippen LogP contribution in [0.15, 0.2) is 48.5 Å². The highest BCUT2D eigenvalue weighted by molar-refractivity contribution is 6.01. The van der Waals surface area contributed by atoms with Crippen LogP contribution in [0.5, 0.6) is 11.5 Å². The van der Waals surface area contributed by atoms with Crippen LogP contribution < -0.4 is 19.7 Å². The number of hydrogen-bond acceptors (Lipinski definition) is 4. The Morgan fingerprint density at radius 1 is 1.17 bits per heavy atom. The molecule has 1 aliphatic heterocycles. The lowest BCUT2D eigenvalue weighted by molar-refractivity contribution is -0.126. The lowest BCUT2D eigenvalue weighted by Gasteiger charge is -2.21. The maximum absolute atomic E-state index is 12.7. The minimum atomic E-state index is -0.367. The van der Waals surface area contributed by atoms with Gasteiger partial charge in [-0.2, -0.15) is 0 Å². The number of amides is 2. The predicted octanol–water partition coefficient (Wildman–Crippen LogP) is 3.19. The second-order valence-electron chi connectivity index (χ2n) is 7.38. The zero-order valence-electron chi connectivity index (χ0n) is 17.2. The zero-order chi connectivity index (χ0) is 20.8. The number of hydrogen-bond donors (Lipinski definition) is 1. The van der Waals surface area contributed by atoms with E-state index >= 15 is 0 Å². The number of methoxy groups -OCH3 is 2. The van der Waals surface area contributed by atoms with Gasteiger partial charge in [0.2, 0.25) is 11.8 Å². The van der Waals surface area contributed by atoms with Crippen molar-refractivity contribution in [2.24, 2.45) is 5.92 Å². The molecule has 0 spiro atoms. The Labute approximate surface area is 171 Å². The summed E-state index contributed by atoms with van der Waals surface area (Å²) >= 11 is 0. The molecule has 2 atom stereocenters. The van der Waals surface area contributed by atoms with Gasteiger partial charge in [-0.25, -0.2) is 0 Å². The van der Waals surface area contributed by atoms with Gasteiger partial charge < -0.3 is 19.7 Å². The van der Waals surface area contributed by atoms with Crippen LogP contribution >= 0.6 is 0 Å². The molecule has 3 rings (SSSR count). The maximum atomic E-state index is 12.7. The van der Waals surface area contributed by atoms with E-state index in [-0.39, 0.29) is 30.2 Å². The van der Waals surface area contributed by atoms with Crippen molar-refractivity contribution in [1.82, 2.24) is 5.32 Å². The van der Waals surface area contributed by atoms with Gasteiger partial charge in [-0.3, -0.25) is 9.59 Å². The van der Waals surface area contributed by atoms with E-state index in [1.165, 1.54) is 5.56 Å². The standard InChI is InChI=1S/C23H28N2O4/c1-16(9-10-17-7-5-4-6-8-17)24-23(27)18-13-22(26)25(15-18)20-12-11-19(28-2)14-21(20)29-3/h4-8,11-12,14,16,18H,9-10,13,15H2,1-3H3,(H,24,27)/t16-,18+/m1/s1. The fraction of sp³-hybridized carbons (Fsp3) is 0.391. The fourth-order valence-corrected chi connectivity index (χ4v) is 3.58. The second kappa shape index (κ2) is 9.45. The van der Waals surface area contributed by atoms with Gasteiger partial charge >= 0.3 is 0 Å². The number of benzene rings is 2. The average Bonchev–Trinajstić information content (AvgIpc) is 3.14. The van der Waals surface area contributed by atoms with Crippen molar-refractivity contribution in [2.75, 3.05) is 25.7 Å².